The van der Waals surface area contributed by atoms with Gasteiger partial charge in [-0.3, -0.25) is 9.59 Å². The van der Waals surface area contributed by atoms with Gasteiger partial charge in [-0.15, -0.1) is 23.1 Å². The summed E-state index contributed by atoms with van der Waals surface area (Å²) in [6, 6.07) is 15.8. The minimum Gasteiger partial charge on any atom is -0.378 e. The van der Waals surface area contributed by atoms with E-state index in [1.165, 1.54) is 16.7 Å². The molecule has 1 aliphatic heterocycles. The van der Waals surface area contributed by atoms with E-state index < -0.39 is 0 Å². The highest BCUT2D eigenvalue weighted by Crippen LogP contribution is 2.25. The summed E-state index contributed by atoms with van der Waals surface area (Å²) in [5.74, 6) is 0.708. The predicted molar refractivity (Wildman–Crippen MR) is 132 cm³/mol. The highest BCUT2D eigenvalue weighted by atomic mass is 32.2. The molecule has 0 atom stereocenters. The molecule has 1 N–H and O–H groups in total. The molecule has 9 heteroatoms. The molecular weight excluding hydrogens is 444 g/mol. The zero-order chi connectivity index (χ0) is 22.3. The Kier molecular flexibility index (Phi) is 7.62. The third kappa shape index (κ3) is 5.99. The number of likely N-dealkylation sites (N-methyl/N-ethyl adjacent to an activating group) is 1. The zero-order valence-corrected chi connectivity index (χ0v) is 19.6. The number of anilines is 2. The molecule has 2 aromatic carbocycles. The van der Waals surface area contributed by atoms with E-state index in [2.05, 4.69) is 21.3 Å². The van der Waals surface area contributed by atoms with Gasteiger partial charge >= 0.3 is 0 Å². The molecule has 168 valence electrons. The number of morpholine rings is 1. The fourth-order valence-electron chi connectivity index (χ4n) is 3.40. The average molecular weight is 471 g/mol. The number of hydrogen-bond donors (Lipinski definition) is 1. The maximum Gasteiger partial charge on any atom is 0.243 e. The Morgan fingerprint density at radius 3 is 2.66 bits per heavy atom. The van der Waals surface area contributed by atoms with E-state index in [4.69, 9.17) is 4.74 Å². The summed E-state index contributed by atoms with van der Waals surface area (Å²) in [5, 5.41) is 3.87. The summed E-state index contributed by atoms with van der Waals surface area (Å²) < 4.78 is 6.53. The van der Waals surface area contributed by atoms with Crippen LogP contribution in [0.25, 0.3) is 10.2 Å². The van der Waals surface area contributed by atoms with Crippen LogP contribution in [-0.2, 0) is 20.1 Å². The predicted octanol–water partition coefficient (Wildman–Crippen LogP) is 3.46. The van der Waals surface area contributed by atoms with Crippen LogP contribution >= 0.6 is 23.1 Å². The van der Waals surface area contributed by atoms with Crippen molar-refractivity contribution in [3.05, 3.63) is 53.5 Å². The van der Waals surface area contributed by atoms with Crippen LogP contribution in [0.2, 0.25) is 0 Å². The molecule has 0 unspecified atom stereocenters. The molecule has 0 radical (unpaired) electrons. The number of benzene rings is 2. The van der Waals surface area contributed by atoms with Crippen molar-refractivity contribution in [1.82, 2.24) is 9.88 Å². The lowest BCUT2D eigenvalue weighted by Crippen LogP contribution is -2.36. The SMILES string of the molecule is CN(CC(=O)Nc1ccc(N2CCOCC2)cc1)C(=O)CSCc1nc2ccccc2s1. The van der Waals surface area contributed by atoms with Crippen molar-refractivity contribution in [3.63, 3.8) is 0 Å². The van der Waals surface area contributed by atoms with Gasteiger partial charge in [0.2, 0.25) is 11.8 Å². The molecule has 3 aromatic rings. The number of nitrogens with one attached hydrogen (secondary N) is 1. The number of carbonyl (C=O) groups excluding carboxylic acids is 2. The Morgan fingerprint density at radius 1 is 1.16 bits per heavy atom. The van der Waals surface area contributed by atoms with Crippen LogP contribution in [0, 0.1) is 0 Å². The minimum absolute atomic E-state index is 0.0196. The molecule has 0 saturated carbocycles. The largest absolute Gasteiger partial charge is 0.378 e. The Hall–Kier alpha value is -2.62. The first-order chi connectivity index (χ1) is 15.6. The van der Waals surface area contributed by atoms with Crippen LogP contribution in [0.3, 0.4) is 0 Å². The van der Waals surface area contributed by atoms with Crippen LogP contribution < -0.4 is 10.2 Å². The molecule has 4 rings (SSSR count). The number of thioether (sulfide) groups is 1. The summed E-state index contributed by atoms with van der Waals surface area (Å²) in [6.45, 7) is 3.23. The van der Waals surface area contributed by atoms with E-state index in [1.54, 1.807) is 18.4 Å². The fraction of sp³-hybridized carbons (Fsp3) is 0.348. The minimum atomic E-state index is -0.212. The number of fused-ring (bicyclic) bond motifs is 1. The van der Waals surface area contributed by atoms with E-state index in [9.17, 15) is 9.59 Å². The number of aromatic nitrogens is 1. The molecule has 2 heterocycles. The molecule has 1 fully saturated rings. The molecule has 0 aliphatic carbocycles. The van der Waals surface area contributed by atoms with Gasteiger partial charge in [0.05, 0.1) is 35.7 Å². The summed E-state index contributed by atoms with van der Waals surface area (Å²) >= 11 is 3.16. The van der Waals surface area contributed by atoms with Crippen LogP contribution in [0.4, 0.5) is 11.4 Å². The molecule has 2 amide bonds. The molecular formula is C23H26N4O3S2. The lowest BCUT2D eigenvalue weighted by Gasteiger charge is -2.28. The van der Waals surface area contributed by atoms with Crippen molar-refractivity contribution in [3.8, 4) is 0 Å². The number of thiazole rings is 1. The molecule has 32 heavy (non-hydrogen) atoms. The van der Waals surface area contributed by atoms with Crippen molar-refractivity contribution in [2.45, 2.75) is 5.75 Å². The standard InChI is InChI=1S/C23H26N4O3S2/c1-26(23(29)16-31-15-22-25-19-4-2-3-5-20(19)32-22)14-21(28)24-17-6-8-18(9-7-17)27-10-12-30-13-11-27/h2-9H,10-16H2,1H3,(H,24,28). The molecule has 0 spiro atoms. The second kappa shape index (κ2) is 10.8. The quantitative estimate of drug-likeness (QED) is 0.544. The lowest BCUT2D eigenvalue weighted by atomic mass is 10.2. The maximum absolute atomic E-state index is 12.4. The Morgan fingerprint density at radius 2 is 1.91 bits per heavy atom. The van der Waals surface area contributed by atoms with E-state index in [1.807, 2.05) is 42.5 Å². The molecule has 1 aromatic heterocycles. The fourth-order valence-corrected chi connectivity index (χ4v) is 5.38. The Bertz CT molecular complexity index is 1030. The van der Waals surface area contributed by atoms with Gasteiger partial charge < -0.3 is 19.9 Å². The molecule has 1 saturated heterocycles. The highest BCUT2D eigenvalue weighted by molar-refractivity contribution is 7.99. The van der Waals surface area contributed by atoms with Crippen molar-refractivity contribution in [2.75, 3.05) is 55.9 Å². The Balaban J connectivity index is 1.20. The first-order valence-corrected chi connectivity index (χ1v) is 12.4. The summed E-state index contributed by atoms with van der Waals surface area (Å²) in [5.41, 5.74) is 2.83. The number of hydrogen-bond acceptors (Lipinski definition) is 7. The van der Waals surface area contributed by atoms with Crippen LogP contribution in [-0.4, -0.2) is 67.3 Å². The number of rotatable bonds is 8. The van der Waals surface area contributed by atoms with Gasteiger partial charge in [0, 0.05) is 37.3 Å². The van der Waals surface area contributed by atoms with Crippen molar-refractivity contribution in [2.24, 2.45) is 0 Å². The first kappa shape index (κ1) is 22.6. The number of carbonyl (C=O) groups is 2. The van der Waals surface area contributed by atoms with Gasteiger partial charge in [0.15, 0.2) is 0 Å². The summed E-state index contributed by atoms with van der Waals surface area (Å²) in [7, 11) is 1.65. The number of amides is 2. The first-order valence-electron chi connectivity index (χ1n) is 10.5. The maximum atomic E-state index is 12.4. The lowest BCUT2D eigenvalue weighted by molar-refractivity contribution is -0.131. The highest BCUT2D eigenvalue weighted by Gasteiger charge is 2.15. The topological polar surface area (TPSA) is 74.8 Å². The van der Waals surface area contributed by atoms with Gasteiger partial charge in [0.25, 0.3) is 0 Å². The molecule has 1 aliphatic rings. The Labute approximate surface area is 195 Å². The molecule has 0 bridgehead atoms. The monoisotopic (exact) mass is 470 g/mol. The van der Waals surface area contributed by atoms with Gasteiger partial charge in [-0.05, 0) is 36.4 Å². The van der Waals surface area contributed by atoms with Crippen LogP contribution in [0.1, 0.15) is 5.01 Å². The van der Waals surface area contributed by atoms with Gasteiger partial charge in [-0.25, -0.2) is 4.98 Å². The molecule has 7 nitrogen and oxygen atoms in total. The zero-order valence-electron chi connectivity index (χ0n) is 18.0. The van der Waals surface area contributed by atoms with Crippen molar-refractivity contribution in [1.29, 1.82) is 0 Å². The number of para-hydroxylation sites is 1. The van der Waals surface area contributed by atoms with E-state index in [0.29, 0.717) is 11.5 Å². The number of nitrogens with zero attached hydrogens (tertiary/aromatic N) is 3. The second-order valence-electron chi connectivity index (χ2n) is 7.51. The second-order valence-corrected chi connectivity index (χ2v) is 9.61. The van der Waals surface area contributed by atoms with Gasteiger partial charge in [-0.2, -0.15) is 0 Å². The van der Waals surface area contributed by atoms with Crippen LogP contribution in [0.15, 0.2) is 48.5 Å². The van der Waals surface area contributed by atoms with Crippen molar-refractivity contribution >= 4 is 56.5 Å². The third-order valence-electron chi connectivity index (χ3n) is 5.12. The average Bonchev–Trinajstić information content (AvgIpc) is 3.23. The van der Waals surface area contributed by atoms with Gasteiger partial charge in [0.1, 0.15) is 5.01 Å². The van der Waals surface area contributed by atoms with Crippen LogP contribution in [0.5, 0.6) is 0 Å². The van der Waals surface area contributed by atoms with E-state index in [0.717, 1.165) is 52.9 Å². The smallest absolute Gasteiger partial charge is 0.243 e. The van der Waals surface area contributed by atoms with Crippen molar-refractivity contribution < 1.29 is 14.3 Å². The third-order valence-corrected chi connectivity index (χ3v) is 7.27. The number of ether oxygens (including phenoxy) is 1. The van der Waals surface area contributed by atoms with E-state index >= 15 is 0 Å². The summed E-state index contributed by atoms with van der Waals surface area (Å²) in [4.78, 5) is 33.1. The summed E-state index contributed by atoms with van der Waals surface area (Å²) in [6.07, 6.45) is 0. The normalized spacial score (nSPS) is 13.8. The van der Waals surface area contributed by atoms with Gasteiger partial charge in [-0.1, -0.05) is 12.1 Å². The van der Waals surface area contributed by atoms with E-state index in [-0.39, 0.29) is 18.4 Å².